The minimum Gasteiger partial charge on any atom is -0.394 e. The maximum absolute atomic E-state index is 9.52. The normalized spacial score (nSPS) is 29.2. The Hall–Kier alpha value is -0.320. The highest BCUT2D eigenvalue weighted by Crippen LogP contribution is 2.48. The predicted molar refractivity (Wildman–Crippen MR) is 69.0 cm³/mol. The van der Waals surface area contributed by atoms with Gasteiger partial charge in [0.2, 0.25) is 5.02 Å². The fraction of sp³-hybridized carbons (Fsp3) is 0.571. The summed E-state index contributed by atoms with van der Waals surface area (Å²) in [7, 11) is 0. The van der Waals surface area contributed by atoms with Gasteiger partial charge in [-0.25, -0.2) is 0 Å². The largest absolute Gasteiger partial charge is 0.394 e. The monoisotopic (exact) mass is 303 g/mol. The van der Waals surface area contributed by atoms with Crippen LogP contribution < -0.4 is 0 Å². The summed E-state index contributed by atoms with van der Waals surface area (Å²) >= 11 is 11.3. The number of hydrogen-bond donors (Lipinski definition) is 1. The van der Waals surface area contributed by atoms with Crippen LogP contribution in [0.5, 0.6) is 0 Å². The highest BCUT2D eigenvalue weighted by molar-refractivity contribution is 6.31. The molecule has 1 heterocycles. The molecule has 0 unspecified atom stereocenters. The van der Waals surface area contributed by atoms with Crippen molar-refractivity contribution in [3.63, 3.8) is 0 Å². The lowest BCUT2D eigenvalue weighted by molar-refractivity contribution is -0.288. The Bertz CT molecular complexity index is 472. The molecule has 1 aromatic carbocycles. The Balaban J connectivity index is 1.90. The zero-order valence-corrected chi connectivity index (χ0v) is 12.0. The van der Waals surface area contributed by atoms with E-state index in [0.717, 1.165) is 31.2 Å². The third-order valence-electron chi connectivity index (χ3n) is 3.87. The summed E-state index contributed by atoms with van der Waals surface area (Å²) in [5.41, 5.74) is 0.845. The van der Waals surface area contributed by atoms with Gasteiger partial charge in [-0.2, -0.15) is 0 Å². The van der Waals surface area contributed by atoms with Gasteiger partial charge in [-0.1, -0.05) is 11.6 Å². The maximum atomic E-state index is 9.52. The van der Waals surface area contributed by atoms with Gasteiger partial charge >= 0.3 is 0 Å². The average Bonchev–Trinajstić information content (AvgIpc) is 2.97. The van der Waals surface area contributed by atoms with Gasteiger partial charge in [0.05, 0.1) is 11.6 Å². The molecule has 0 radical (unpaired) electrons. The second-order valence-electron chi connectivity index (χ2n) is 5.18. The molecule has 3 rings (SSSR count). The molecule has 0 bridgehead atoms. The van der Waals surface area contributed by atoms with Crippen molar-refractivity contribution in [3.05, 3.63) is 33.8 Å². The number of benzene rings is 1. The van der Waals surface area contributed by atoms with Crippen LogP contribution in [0.2, 0.25) is 10.0 Å². The van der Waals surface area contributed by atoms with Crippen molar-refractivity contribution in [2.45, 2.75) is 43.7 Å². The van der Waals surface area contributed by atoms with Crippen LogP contribution >= 0.6 is 11.6 Å². The molecule has 1 saturated carbocycles. The van der Waals surface area contributed by atoms with E-state index in [4.69, 9.17) is 32.7 Å². The van der Waals surface area contributed by atoms with Gasteiger partial charge in [0, 0.05) is 30.5 Å². The van der Waals surface area contributed by atoms with E-state index in [1.54, 1.807) is 6.07 Å². The van der Waals surface area contributed by atoms with E-state index in [-0.39, 0.29) is 18.8 Å². The van der Waals surface area contributed by atoms with E-state index in [9.17, 15) is 5.11 Å². The summed E-state index contributed by atoms with van der Waals surface area (Å²) in [6.45, 7) is -0.0711. The van der Waals surface area contributed by atoms with E-state index in [0.29, 0.717) is 10.0 Å². The summed E-state index contributed by atoms with van der Waals surface area (Å²) in [4.78, 5) is 0. The lowest BCUT2D eigenvalue weighted by Crippen LogP contribution is -2.27. The van der Waals surface area contributed by atoms with Crippen LogP contribution in [0, 0.1) is 11.6 Å². The number of hydrogen-bond acceptors (Lipinski definition) is 3. The molecular formula is C14H17Cl2O3+. The van der Waals surface area contributed by atoms with Crippen molar-refractivity contribution in [2.75, 3.05) is 6.61 Å². The van der Waals surface area contributed by atoms with Gasteiger partial charge in [0.1, 0.15) is 12.2 Å². The first-order valence-corrected chi connectivity index (χ1v) is 7.35. The van der Waals surface area contributed by atoms with Crippen LogP contribution in [0.15, 0.2) is 18.2 Å². The van der Waals surface area contributed by atoms with Gasteiger partial charge in [0.25, 0.3) is 0 Å². The van der Waals surface area contributed by atoms with Crippen molar-refractivity contribution < 1.29 is 26.2 Å². The van der Waals surface area contributed by atoms with Gasteiger partial charge in [-0.05, 0) is 18.9 Å². The number of halogens is 2. The lowest BCUT2D eigenvalue weighted by atomic mass is 10.1. The molecule has 3 nitrogen and oxygen atoms in total. The molecule has 2 fully saturated rings. The molecule has 1 aliphatic carbocycles. The summed E-state index contributed by atoms with van der Waals surface area (Å²) in [5, 5.41) is 10.8. The highest BCUT2D eigenvalue weighted by atomic mass is 35.5. The fourth-order valence-corrected chi connectivity index (χ4v) is 3.50. The quantitative estimate of drug-likeness (QED) is 0.913. The molecule has 2 aliphatic rings. The molecule has 1 spiro atoms. The number of aliphatic hydroxyl groups excluding tert-OH is 1. The minimum atomic E-state index is -0.520. The van der Waals surface area contributed by atoms with Gasteiger partial charge in [0.15, 0.2) is 17.4 Å². The summed E-state index contributed by atoms with van der Waals surface area (Å²) < 4.78 is 12.1. The SMILES string of the molecule is OC[C@@H]1OC2(CCCC2)O[C@H]1c1ccc([ClH+])cc1Cl. The third kappa shape index (κ3) is 2.50. The molecule has 0 amide bonds. The van der Waals surface area contributed by atoms with Crippen molar-refractivity contribution in [1.29, 1.82) is 0 Å². The molecule has 2 atom stereocenters. The van der Waals surface area contributed by atoms with Crippen LogP contribution in [-0.4, -0.2) is 23.6 Å². The fourth-order valence-electron chi connectivity index (χ4n) is 2.96. The second kappa shape index (κ2) is 5.23. The molecule has 1 aromatic rings. The van der Waals surface area contributed by atoms with E-state index in [2.05, 4.69) is 0 Å². The van der Waals surface area contributed by atoms with Crippen molar-refractivity contribution >= 4 is 11.6 Å². The third-order valence-corrected chi connectivity index (χ3v) is 4.45. The number of ether oxygens (including phenoxy) is 2. The van der Waals surface area contributed by atoms with Crippen LogP contribution in [0.25, 0.3) is 0 Å². The zero-order chi connectivity index (χ0) is 13.5. The Morgan fingerprint density at radius 2 is 2.05 bits per heavy atom. The Kier molecular flexibility index (Phi) is 3.76. The summed E-state index contributed by atoms with van der Waals surface area (Å²) in [6, 6.07) is 5.44. The summed E-state index contributed by atoms with van der Waals surface area (Å²) in [5.74, 6) is -0.520. The zero-order valence-electron chi connectivity index (χ0n) is 10.5. The molecule has 0 aromatic heterocycles. The molecule has 1 N–H and O–H groups in total. The van der Waals surface area contributed by atoms with E-state index in [1.807, 2.05) is 12.1 Å². The van der Waals surface area contributed by atoms with E-state index < -0.39 is 5.79 Å². The van der Waals surface area contributed by atoms with Crippen LogP contribution in [-0.2, 0) is 9.47 Å². The number of rotatable bonds is 2. The molecule has 104 valence electrons. The second-order valence-corrected chi connectivity index (χ2v) is 6.06. The highest BCUT2D eigenvalue weighted by Gasteiger charge is 2.49. The Morgan fingerprint density at radius 3 is 2.68 bits per heavy atom. The van der Waals surface area contributed by atoms with Gasteiger partial charge < -0.3 is 14.6 Å². The predicted octanol–water partition coefficient (Wildman–Crippen LogP) is 2.76. The van der Waals surface area contributed by atoms with Crippen LogP contribution in [0.4, 0.5) is 0 Å². The standard InChI is InChI=1S/C14H17Cl2O3/c15-9-3-4-10(11(16)7-9)13-12(8-17)18-14(19-13)5-1-2-6-14/h3-4,7,12-13,15,17H,1-2,5-6,8H2/q+1/t12-,13-/m0/s1. The maximum Gasteiger partial charge on any atom is 0.227 e. The smallest absolute Gasteiger partial charge is 0.227 e. The van der Waals surface area contributed by atoms with Crippen LogP contribution in [0.1, 0.15) is 37.4 Å². The molecule has 1 saturated heterocycles. The molecule has 1 aliphatic heterocycles. The Morgan fingerprint density at radius 1 is 1.32 bits per heavy atom. The topological polar surface area (TPSA) is 38.7 Å². The van der Waals surface area contributed by atoms with Crippen molar-refractivity contribution in [2.24, 2.45) is 0 Å². The van der Waals surface area contributed by atoms with Gasteiger partial charge in [-0.3, -0.25) is 0 Å². The first kappa shape index (κ1) is 13.7. The number of aliphatic hydroxyl groups is 1. The molecule has 5 heteroatoms. The first-order valence-electron chi connectivity index (χ1n) is 6.56. The minimum absolute atomic E-state index is 0.0711. The molecule has 19 heavy (non-hydrogen) atoms. The van der Waals surface area contributed by atoms with E-state index >= 15 is 0 Å². The first-order chi connectivity index (χ1) is 9.13. The van der Waals surface area contributed by atoms with Crippen LogP contribution in [0.3, 0.4) is 0 Å². The summed E-state index contributed by atoms with van der Waals surface area (Å²) in [6.07, 6.45) is 3.30. The van der Waals surface area contributed by atoms with Crippen molar-refractivity contribution in [3.8, 4) is 0 Å². The average molecular weight is 304 g/mol. The van der Waals surface area contributed by atoms with Crippen molar-refractivity contribution in [1.82, 2.24) is 0 Å². The Labute approximate surface area is 122 Å². The van der Waals surface area contributed by atoms with E-state index in [1.165, 1.54) is 0 Å². The molecular weight excluding hydrogens is 287 g/mol. The lowest BCUT2D eigenvalue weighted by Gasteiger charge is -2.22. The van der Waals surface area contributed by atoms with Gasteiger partial charge in [-0.15, -0.1) is 0 Å².